The molecule has 0 aliphatic carbocycles. The maximum Gasteiger partial charge on any atom is 0.258 e. The van der Waals surface area contributed by atoms with Gasteiger partial charge in [0, 0.05) is 23.2 Å². The van der Waals surface area contributed by atoms with E-state index in [0.717, 1.165) is 10.6 Å². The van der Waals surface area contributed by atoms with Crippen LogP contribution in [0.2, 0.25) is 0 Å². The number of terminal acetylenes is 1. The van der Waals surface area contributed by atoms with Gasteiger partial charge < -0.3 is 9.64 Å². The largest absolute Gasteiger partial charge is 0.481 e. The Hall–Kier alpha value is -2.89. The number of ether oxygens (including phenoxy) is 1. The van der Waals surface area contributed by atoms with Gasteiger partial charge in [-0.15, -0.1) is 18.2 Å². The molecule has 4 nitrogen and oxygen atoms in total. The number of benzene rings is 2. The lowest BCUT2D eigenvalue weighted by molar-refractivity contribution is 0.0993. The molecule has 0 radical (unpaired) electrons. The third-order valence-electron chi connectivity index (χ3n) is 3.24. The Morgan fingerprint density at radius 1 is 1.29 bits per heavy atom. The predicted octanol–water partition coefficient (Wildman–Crippen LogP) is 3.59. The molecule has 0 saturated heterocycles. The SMILES string of the molecule is C#CCOc1ccc(N(C)C(=O)c2cccc(SCC#N)c2)cc1. The van der Waals surface area contributed by atoms with E-state index in [1.54, 1.807) is 48.3 Å². The molecule has 0 saturated carbocycles. The van der Waals surface area contributed by atoms with Crippen LogP contribution in [0.1, 0.15) is 10.4 Å². The third kappa shape index (κ3) is 4.55. The van der Waals surface area contributed by atoms with Gasteiger partial charge in [0.2, 0.25) is 0 Å². The number of hydrogen-bond acceptors (Lipinski definition) is 4. The molecule has 0 spiro atoms. The van der Waals surface area contributed by atoms with E-state index in [-0.39, 0.29) is 12.5 Å². The van der Waals surface area contributed by atoms with Crippen LogP contribution in [0.15, 0.2) is 53.4 Å². The summed E-state index contributed by atoms with van der Waals surface area (Å²) in [6.45, 7) is 0.210. The average molecular weight is 336 g/mol. The molecule has 0 fully saturated rings. The van der Waals surface area contributed by atoms with Crippen molar-refractivity contribution in [2.24, 2.45) is 0 Å². The van der Waals surface area contributed by atoms with Gasteiger partial charge >= 0.3 is 0 Å². The molecule has 2 aromatic carbocycles. The van der Waals surface area contributed by atoms with Gasteiger partial charge in [-0.1, -0.05) is 12.0 Å². The molecule has 2 rings (SSSR count). The van der Waals surface area contributed by atoms with Crippen molar-refractivity contribution in [1.29, 1.82) is 5.26 Å². The van der Waals surface area contributed by atoms with Gasteiger partial charge in [0.05, 0.1) is 11.8 Å². The summed E-state index contributed by atoms with van der Waals surface area (Å²) < 4.78 is 5.32. The van der Waals surface area contributed by atoms with E-state index in [4.69, 9.17) is 16.4 Å². The van der Waals surface area contributed by atoms with E-state index < -0.39 is 0 Å². The summed E-state index contributed by atoms with van der Waals surface area (Å²) in [5.74, 6) is 3.30. The standard InChI is InChI=1S/C19H16N2O2S/c1-3-12-23-17-9-7-16(8-10-17)21(2)19(22)15-5-4-6-18(14-15)24-13-11-20/h1,4-10,14H,12-13H2,2H3. The summed E-state index contributed by atoms with van der Waals surface area (Å²) in [5.41, 5.74) is 1.33. The summed E-state index contributed by atoms with van der Waals surface area (Å²) >= 11 is 1.40. The van der Waals surface area contributed by atoms with Crippen LogP contribution in [0.3, 0.4) is 0 Å². The second-order valence-corrected chi connectivity index (χ2v) is 5.87. The molecule has 0 heterocycles. The van der Waals surface area contributed by atoms with Crippen LogP contribution >= 0.6 is 11.8 Å². The fourth-order valence-corrected chi connectivity index (χ4v) is 2.65. The minimum Gasteiger partial charge on any atom is -0.481 e. The number of anilines is 1. The van der Waals surface area contributed by atoms with Gasteiger partial charge in [-0.2, -0.15) is 5.26 Å². The zero-order valence-corrected chi connectivity index (χ0v) is 14.0. The van der Waals surface area contributed by atoms with Crippen LogP contribution in [0.25, 0.3) is 0 Å². The Morgan fingerprint density at radius 2 is 2.04 bits per heavy atom. The Balaban J connectivity index is 2.11. The highest BCUT2D eigenvalue weighted by Crippen LogP contribution is 2.22. The number of nitriles is 1. The Bertz CT molecular complexity index is 788. The summed E-state index contributed by atoms with van der Waals surface area (Å²) in [6.07, 6.45) is 5.15. The first-order valence-electron chi connectivity index (χ1n) is 7.20. The molecular weight excluding hydrogens is 320 g/mol. The fourth-order valence-electron chi connectivity index (χ4n) is 2.04. The first-order valence-corrected chi connectivity index (χ1v) is 8.18. The number of carbonyl (C=O) groups excluding carboxylic acids is 1. The minimum atomic E-state index is -0.119. The molecule has 0 atom stereocenters. The second kappa shape index (κ2) is 8.67. The highest BCUT2D eigenvalue weighted by molar-refractivity contribution is 7.99. The maximum absolute atomic E-state index is 12.6. The fraction of sp³-hybridized carbons (Fsp3) is 0.158. The Labute approximate surface area is 146 Å². The van der Waals surface area contributed by atoms with Crippen molar-refractivity contribution in [3.8, 4) is 24.2 Å². The van der Waals surface area contributed by atoms with Crippen molar-refractivity contribution in [2.45, 2.75) is 4.90 Å². The monoisotopic (exact) mass is 336 g/mol. The van der Waals surface area contributed by atoms with Gasteiger partial charge in [-0.05, 0) is 42.5 Å². The average Bonchev–Trinajstić information content (AvgIpc) is 2.64. The zero-order valence-electron chi connectivity index (χ0n) is 13.2. The van der Waals surface area contributed by atoms with E-state index in [9.17, 15) is 4.79 Å². The van der Waals surface area contributed by atoms with Crippen LogP contribution < -0.4 is 9.64 Å². The molecule has 1 amide bonds. The summed E-state index contributed by atoms with van der Waals surface area (Å²) in [6, 6.07) is 16.5. The van der Waals surface area contributed by atoms with Crippen LogP contribution in [0, 0.1) is 23.7 Å². The number of rotatable bonds is 6. The first kappa shape index (κ1) is 17.5. The van der Waals surface area contributed by atoms with Crippen LogP contribution in [-0.2, 0) is 0 Å². The van der Waals surface area contributed by atoms with E-state index in [2.05, 4.69) is 12.0 Å². The number of amides is 1. The van der Waals surface area contributed by atoms with Crippen LogP contribution in [0.4, 0.5) is 5.69 Å². The van der Waals surface area contributed by atoms with E-state index in [1.807, 2.05) is 12.1 Å². The van der Waals surface area contributed by atoms with E-state index >= 15 is 0 Å². The molecule has 0 aromatic heterocycles. The number of thioether (sulfide) groups is 1. The van der Waals surface area contributed by atoms with Gasteiger partial charge in [0.1, 0.15) is 12.4 Å². The maximum atomic E-state index is 12.6. The highest BCUT2D eigenvalue weighted by Gasteiger charge is 2.14. The lowest BCUT2D eigenvalue weighted by atomic mass is 10.2. The topological polar surface area (TPSA) is 53.3 Å². The predicted molar refractivity (Wildman–Crippen MR) is 96.3 cm³/mol. The van der Waals surface area contributed by atoms with Crippen molar-refractivity contribution in [3.05, 3.63) is 54.1 Å². The van der Waals surface area contributed by atoms with Crippen molar-refractivity contribution < 1.29 is 9.53 Å². The first-order chi connectivity index (χ1) is 11.7. The highest BCUT2D eigenvalue weighted by atomic mass is 32.2. The summed E-state index contributed by atoms with van der Waals surface area (Å²) in [5, 5.41) is 8.65. The second-order valence-electron chi connectivity index (χ2n) is 4.83. The molecule has 0 aliphatic rings. The molecule has 120 valence electrons. The molecule has 24 heavy (non-hydrogen) atoms. The summed E-state index contributed by atoms with van der Waals surface area (Å²) in [7, 11) is 1.72. The molecule has 0 bridgehead atoms. The Kier molecular flexibility index (Phi) is 6.31. The molecule has 0 unspecified atom stereocenters. The number of hydrogen-bond donors (Lipinski definition) is 0. The lowest BCUT2D eigenvalue weighted by Gasteiger charge is -2.18. The van der Waals surface area contributed by atoms with Crippen LogP contribution in [-0.4, -0.2) is 25.3 Å². The van der Waals surface area contributed by atoms with E-state index in [1.165, 1.54) is 11.8 Å². The quantitative estimate of drug-likeness (QED) is 0.597. The third-order valence-corrected chi connectivity index (χ3v) is 4.10. The van der Waals surface area contributed by atoms with Crippen molar-refractivity contribution in [3.63, 3.8) is 0 Å². The van der Waals surface area contributed by atoms with Gasteiger partial charge in [0.15, 0.2) is 0 Å². The molecule has 0 aliphatic heterocycles. The number of nitrogens with zero attached hydrogens (tertiary/aromatic N) is 2. The zero-order chi connectivity index (χ0) is 17.4. The normalized spacial score (nSPS) is 9.62. The minimum absolute atomic E-state index is 0.119. The van der Waals surface area contributed by atoms with Crippen molar-refractivity contribution >= 4 is 23.4 Å². The van der Waals surface area contributed by atoms with Gasteiger partial charge in [0.25, 0.3) is 5.91 Å². The molecule has 2 aromatic rings. The van der Waals surface area contributed by atoms with Crippen molar-refractivity contribution in [2.75, 3.05) is 24.3 Å². The molecular formula is C19H16N2O2S. The Morgan fingerprint density at radius 3 is 2.71 bits per heavy atom. The van der Waals surface area contributed by atoms with Gasteiger partial charge in [-0.3, -0.25) is 4.79 Å². The van der Waals surface area contributed by atoms with Crippen molar-refractivity contribution in [1.82, 2.24) is 0 Å². The number of carbonyl (C=O) groups is 1. The lowest BCUT2D eigenvalue weighted by Crippen LogP contribution is -2.26. The summed E-state index contributed by atoms with van der Waals surface area (Å²) in [4.78, 5) is 15.1. The smallest absolute Gasteiger partial charge is 0.258 e. The van der Waals surface area contributed by atoms with Gasteiger partial charge in [-0.25, -0.2) is 0 Å². The van der Waals surface area contributed by atoms with Crippen LogP contribution in [0.5, 0.6) is 5.75 Å². The van der Waals surface area contributed by atoms with E-state index in [0.29, 0.717) is 17.1 Å². The molecule has 0 N–H and O–H groups in total. The molecule has 5 heteroatoms.